The third-order valence-electron chi connectivity index (χ3n) is 7.31. The highest BCUT2D eigenvalue weighted by Crippen LogP contribution is 2.33. The van der Waals surface area contributed by atoms with Crippen LogP contribution in [0.25, 0.3) is 16.9 Å². The number of hydrogen-bond acceptors (Lipinski definition) is 9. The molecule has 0 bridgehead atoms. The molecule has 1 fully saturated rings. The van der Waals surface area contributed by atoms with E-state index in [4.69, 9.17) is 14.2 Å². The van der Waals surface area contributed by atoms with Crippen molar-refractivity contribution in [3.8, 4) is 16.9 Å². The molecule has 46 heavy (non-hydrogen) atoms. The van der Waals surface area contributed by atoms with E-state index in [0.29, 0.717) is 31.5 Å². The molecule has 3 heterocycles. The van der Waals surface area contributed by atoms with Gasteiger partial charge in [0.1, 0.15) is 5.02 Å². The van der Waals surface area contributed by atoms with Crippen LogP contribution in [0.5, 0.6) is 0 Å². The maximum atomic E-state index is 13.5. The minimum Gasteiger partial charge on any atom is -0.423 e. The van der Waals surface area contributed by atoms with E-state index in [9.17, 15) is 31.2 Å². The summed E-state index contributed by atoms with van der Waals surface area (Å²) in [5, 5.41) is 6.50. The fraction of sp³-hybridized carbons (Fsp3) is 0.414. The van der Waals surface area contributed by atoms with Crippen LogP contribution in [-0.2, 0) is 30.5 Å². The summed E-state index contributed by atoms with van der Waals surface area (Å²) in [7, 11) is -4.28. The van der Waals surface area contributed by atoms with Crippen molar-refractivity contribution in [2.45, 2.75) is 57.9 Å². The standard InChI is InChI=1S/C29H33F3N6O7S/c1-18(2)28(40)43-20(4)44-38-37(45-38)35-15-13-22(14-16-35)27(39)34-46(41,42)24-11-9-23(10-12-24)36-25(17-26(33-36)29(30,31)32)21-7-5-19(3)6-8-21/h5-12,17-18,20,22H,13-16H2,1-4H3,(H,34,39). The van der Waals surface area contributed by atoms with Crippen molar-refractivity contribution in [3.05, 3.63) is 65.9 Å². The zero-order chi connectivity index (χ0) is 33.4. The Morgan fingerprint density at radius 1 is 1.02 bits per heavy atom. The molecule has 0 aliphatic carbocycles. The number of piperidine rings is 1. The average molecular weight is 667 g/mol. The van der Waals surface area contributed by atoms with Gasteiger partial charge in [-0.2, -0.15) is 22.9 Å². The lowest BCUT2D eigenvalue weighted by molar-refractivity contribution is -0.184. The highest BCUT2D eigenvalue weighted by molar-refractivity contribution is 7.90. The van der Waals surface area contributed by atoms with Crippen LogP contribution in [0.1, 0.15) is 44.9 Å². The zero-order valence-corrected chi connectivity index (χ0v) is 26.2. The molecule has 248 valence electrons. The van der Waals surface area contributed by atoms with Gasteiger partial charge < -0.3 is 9.57 Å². The Hall–Kier alpha value is -4.67. The third kappa shape index (κ3) is 7.41. The second kappa shape index (κ2) is 12.6. The Morgan fingerprint density at radius 2 is 1.65 bits per heavy atom. The van der Waals surface area contributed by atoms with E-state index in [-0.39, 0.29) is 22.2 Å². The van der Waals surface area contributed by atoms with Crippen LogP contribution in [0.3, 0.4) is 0 Å². The molecule has 2 aromatic carbocycles. The molecule has 4 aromatic rings. The van der Waals surface area contributed by atoms with Crippen LogP contribution in [0.15, 0.2) is 64.1 Å². The molecular formula is C29H33F3N6O7S. The lowest BCUT2D eigenvalue weighted by Gasteiger charge is -2.28. The summed E-state index contributed by atoms with van der Waals surface area (Å²) in [5.41, 5.74) is 0.707. The van der Waals surface area contributed by atoms with E-state index in [1.54, 1.807) is 43.1 Å². The lowest BCUT2D eigenvalue weighted by atomic mass is 9.97. The molecule has 0 spiro atoms. The molecule has 1 aliphatic rings. The predicted octanol–water partition coefficient (Wildman–Crippen LogP) is 3.89. The number of benzene rings is 2. The molecule has 1 unspecified atom stereocenters. The average Bonchev–Trinajstić information content (AvgIpc) is 3.60. The van der Waals surface area contributed by atoms with Gasteiger partial charge in [0.2, 0.25) is 5.91 Å². The fourth-order valence-corrected chi connectivity index (χ4v) is 5.74. The number of nitrogens with one attached hydrogen (secondary N) is 1. The van der Waals surface area contributed by atoms with Crippen LogP contribution in [-0.4, -0.2) is 59.4 Å². The summed E-state index contributed by atoms with van der Waals surface area (Å²) in [6, 6.07) is 12.9. The number of halogens is 3. The SMILES string of the molecule is Cc1ccc(-c2cc(C(F)(F)F)nn2-c2ccc(S(=O)(=O)NC(=O)C3CCN(n4on4OC(C)OC(=O)C(C)C)CC3)cc2)cc1. The normalized spacial score (nSPS) is 15.3. The quantitative estimate of drug-likeness (QED) is 0.197. The number of aryl methyl sites for hydroxylation is 1. The molecule has 0 saturated carbocycles. The van der Waals surface area contributed by atoms with Gasteiger partial charge >= 0.3 is 12.1 Å². The summed E-state index contributed by atoms with van der Waals surface area (Å²) >= 11 is 0. The van der Waals surface area contributed by atoms with Gasteiger partial charge in [-0.05, 0) is 50.1 Å². The number of hydrogen-bond donors (Lipinski definition) is 1. The molecule has 17 heteroatoms. The largest absolute Gasteiger partial charge is 0.435 e. The van der Waals surface area contributed by atoms with Gasteiger partial charge in [-0.15, -0.1) is 0 Å². The van der Waals surface area contributed by atoms with Crippen molar-refractivity contribution in [1.82, 2.24) is 24.5 Å². The number of amides is 1. The second-order valence-electron chi connectivity index (χ2n) is 11.2. The van der Waals surface area contributed by atoms with Crippen LogP contribution >= 0.6 is 0 Å². The first-order chi connectivity index (χ1) is 21.6. The van der Waals surface area contributed by atoms with Crippen molar-refractivity contribution < 1.29 is 45.4 Å². The van der Waals surface area contributed by atoms with Gasteiger partial charge in [0.15, 0.2) is 5.69 Å². The lowest BCUT2D eigenvalue weighted by Crippen LogP contribution is -2.45. The molecule has 1 N–H and O–H groups in total. The fourth-order valence-electron chi connectivity index (χ4n) is 4.70. The number of sulfonamides is 1. The number of rotatable bonds is 10. The first-order valence-corrected chi connectivity index (χ1v) is 15.9. The number of esters is 1. The van der Waals surface area contributed by atoms with Gasteiger partial charge in [0.05, 0.1) is 22.2 Å². The van der Waals surface area contributed by atoms with E-state index in [2.05, 4.69) is 9.82 Å². The molecule has 1 saturated heterocycles. The van der Waals surface area contributed by atoms with Crippen LogP contribution < -0.4 is 14.6 Å². The Morgan fingerprint density at radius 3 is 2.24 bits per heavy atom. The van der Waals surface area contributed by atoms with Crippen molar-refractivity contribution in [3.63, 3.8) is 0 Å². The number of aromatic nitrogens is 4. The third-order valence-corrected chi connectivity index (χ3v) is 8.67. The highest BCUT2D eigenvalue weighted by atomic mass is 32.2. The highest BCUT2D eigenvalue weighted by Gasteiger charge is 2.36. The number of alkyl halides is 3. The maximum Gasteiger partial charge on any atom is 0.435 e. The molecule has 0 radical (unpaired) electrons. The van der Waals surface area contributed by atoms with Gasteiger partial charge in [-0.1, -0.05) is 43.7 Å². The first-order valence-electron chi connectivity index (χ1n) is 14.4. The monoisotopic (exact) mass is 666 g/mol. The van der Waals surface area contributed by atoms with E-state index in [1.807, 2.05) is 6.92 Å². The number of carbonyl (C=O) groups excluding carboxylic acids is 2. The summed E-state index contributed by atoms with van der Waals surface area (Å²) in [4.78, 5) is 31.0. The summed E-state index contributed by atoms with van der Waals surface area (Å²) in [6.45, 7) is 7.47. The Balaban J connectivity index is 1.20. The smallest absolute Gasteiger partial charge is 0.423 e. The molecule has 1 atom stereocenters. The molecule has 2 aromatic heterocycles. The Kier molecular flexibility index (Phi) is 8.97. The number of nitrogens with zero attached hydrogens (tertiary/aromatic N) is 5. The molecule has 1 amide bonds. The van der Waals surface area contributed by atoms with E-state index < -0.39 is 46.0 Å². The second-order valence-corrected chi connectivity index (χ2v) is 12.9. The van der Waals surface area contributed by atoms with Crippen LogP contribution in [0, 0.1) is 18.8 Å². The Bertz CT molecular complexity index is 1780. The van der Waals surface area contributed by atoms with Gasteiger partial charge in [0.25, 0.3) is 16.3 Å². The number of ether oxygens (including phenoxy) is 1. The summed E-state index contributed by atoms with van der Waals surface area (Å²) in [5.74, 6) is -2.03. The molecular weight excluding hydrogens is 633 g/mol. The molecule has 5 rings (SSSR count). The van der Waals surface area contributed by atoms with Gasteiger partial charge in [0, 0.05) is 36.5 Å². The summed E-state index contributed by atoms with van der Waals surface area (Å²) in [6.07, 6.45) is -4.95. The van der Waals surface area contributed by atoms with Crippen molar-refractivity contribution >= 4 is 21.9 Å². The van der Waals surface area contributed by atoms with Crippen molar-refractivity contribution in [1.29, 1.82) is 0 Å². The zero-order valence-electron chi connectivity index (χ0n) is 25.4. The summed E-state index contributed by atoms with van der Waals surface area (Å²) < 4.78 is 80.2. The maximum absolute atomic E-state index is 13.5. The Labute approximate surface area is 262 Å². The van der Waals surface area contributed by atoms with Crippen molar-refractivity contribution in [2.75, 3.05) is 18.1 Å². The van der Waals surface area contributed by atoms with Crippen molar-refractivity contribution in [2.24, 2.45) is 11.8 Å². The molecule has 1 aliphatic heterocycles. The van der Waals surface area contributed by atoms with E-state index >= 15 is 0 Å². The predicted molar refractivity (Wildman–Crippen MR) is 156 cm³/mol. The van der Waals surface area contributed by atoms with Crippen LogP contribution in [0.2, 0.25) is 0 Å². The topological polar surface area (TPSA) is 143 Å². The number of carbonyl (C=O) groups is 2. The van der Waals surface area contributed by atoms with E-state index in [0.717, 1.165) is 21.3 Å². The van der Waals surface area contributed by atoms with Crippen LogP contribution in [0.4, 0.5) is 13.2 Å². The van der Waals surface area contributed by atoms with E-state index in [1.165, 1.54) is 36.2 Å². The minimum atomic E-state index is -4.69. The first kappa shape index (κ1) is 32.7. The van der Waals surface area contributed by atoms with Gasteiger partial charge in [-0.3, -0.25) is 14.6 Å². The molecule has 13 nitrogen and oxygen atoms in total. The minimum absolute atomic E-state index is 0.175. The van der Waals surface area contributed by atoms with Gasteiger partial charge in [-0.25, -0.2) is 17.8 Å².